The lowest BCUT2D eigenvalue weighted by Gasteiger charge is -2.36. The molecule has 2 atom stereocenters. The van der Waals surface area contributed by atoms with Gasteiger partial charge in [-0.05, 0) is 116 Å². The number of nitrogens with one attached hydrogen (secondary N) is 3. The topological polar surface area (TPSA) is 145 Å². The van der Waals surface area contributed by atoms with E-state index in [0.29, 0.717) is 61.4 Å². The zero-order chi connectivity index (χ0) is 43.1. The molecule has 1 aliphatic heterocycles. The molecule has 0 aliphatic carbocycles. The zero-order valence-corrected chi connectivity index (χ0v) is 35.6. The monoisotopic (exact) mass is 900 g/mol. The summed E-state index contributed by atoms with van der Waals surface area (Å²) in [5, 5.41) is 18.0. The third-order valence-electron chi connectivity index (χ3n) is 10.3. The number of sulfonamides is 1. The maximum atomic E-state index is 14.0. The van der Waals surface area contributed by atoms with Gasteiger partial charge in [0.15, 0.2) is 0 Å². The predicted octanol–water partition coefficient (Wildman–Crippen LogP) is 8.55. The Hall–Kier alpha value is -4.58. The first-order chi connectivity index (χ1) is 28.6. The van der Waals surface area contributed by atoms with E-state index < -0.39 is 58.9 Å². The number of aliphatic hydroxyl groups excluding tert-OH is 1. The number of halogens is 4. The molecular formula is C43H44ClF3N4O6S3. The molecule has 5 aromatic carbocycles. The third-order valence-corrected chi connectivity index (χ3v) is 14.6. The first-order valence-electron chi connectivity index (χ1n) is 19.1. The summed E-state index contributed by atoms with van der Waals surface area (Å²) < 4.78 is 96.8. The van der Waals surface area contributed by atoms with E-state index >= 15 is 0 Å². The lowest BCUT2D eigenvalue weighted by molar-refractivity contribution is -0.0435. The Bertz CT molecular complexity index is 2490. The lowest BCUT2D eigenvalue weighted by Crippen LogP contribution is -2.36. The fourth-order valence-corrected chi connectivity index (χ4v) is 10.2. The van der Waals surface area contributed by atoms with Crippen LogP contribution >= 0.6 is 23.4 Å². The maximum absolute atomic E-state index is 14.0. The molecule has 0 aromatic heterocycles. The van der Waals surface area contributed by atoms with Crippen LogP contribution in [0.5, 0.6) is 0 Å². The molecule has 1 saturated heterocycles. The van der Waals surface area contributed by atoms with E-state index in [4.69, 9.17) is 11.6 Å². The third kappa shape index (κ3) is 10.8. The van der Waals surface area contributed by atoms with Crippen molar-refractivity contribution in [3.63, 3.8) is 0 Å². The average Bonchev–Trinajstić information content (AvgIpc) is 3.24. The second kappa shape index (κ2) is 19.4. The molecule has 6 rings (SSSR count). The van der Waals surface area contributed by atoms with Gasteiger partial charge >= 0.3 is 5.51 Å². The number of nitrogens with zero attached hydrogens (tertiary/aromatic N) is 1. The fraction of sp³-hybridized carbons (Fsp3) is 0.279. The number of alkyl halides is 3. The molecular weight excluding hydrogens is 857 g/mol. The number of aliphatic hydroxyl groups is 1. The Morgan fingerprint density at radius 3 is 2.25 bits per heavy atom. The molecule has 10 nitrogen and oxygen atoms in total. The van der Waals surface area contributed by atoms with Gasteiger partial charge < -0.3 is 20.6 Å². The van der Waals surface area contributed by atoms with Crippen molar-refractivity contribution in [2.75, 3.05) is 42.7 Å². The molecule has 0 unspecified atom stereocenters. The van der Waals surface area contributed by atoms with Gasteiger partial charge in [-0.25, -0.2) is 21.6 Å². The van der Waals surface area contributed by atoms with E-state index in [1.807, 2.05) is 76.4 Å². The number of rotatable bonds is 16. The number of thioether (sulfide) groups is 1. The van der Waals surface area contributed by atoms with Crippen molar-refractivity contribution in [2.45, 2.75) is 51.6 Å². The molecule has 0 saturated carbocycles. The number of amides is 1. The fourth-order valence-electron chi connectivity index (χ4n) is 7.04. The van der Waals surface area contributed by atoms with Gasteiger partial charge in [-0.15, -0.1) is 11.8 Å². The Labute approximate surface area is 357 Å². The molecule has 4 N–H and O–H groups in total. The summed E-state index contributed by atoms with van der Waals surface area (Å²) in [6.45, 7) is 1.52. The standard InChI is InChI=1S/C43H44ClF3N4O6S3/c1-48-23-20-33(28-58-35-10-3-2-4-11-35)49-39-19-18-36(27-40(39)59(54,55)43(45,46)47)60(56,57)50-42(53)31-8-7-9-34(26-31)51-24-21-30(22-25-51)41(52)38-13-6-5-12-37(38)29-14-16-32(44)17-15-29/h2-19,26-27,30,33,41,48-49,52H,20-25,28H2,1H3,(H,50,53)/t33-,41-/m1/s1. The Morgan fingerprint density at radius 1 is 0.883 bits per heavy atom. The first kappa shape index (κ1) is 45.0. The van der Waals surface area contributed by atoms with Crippen molar-refractivity contribution in [1.82, 2.24) is 10.0 Å². The summed E-state index contributed by atoms with van der Waals surface area (Å²) in [6, 6.07) is 32.4. The van der Waals surface area contributed by atoms with Crippen LogP contribution in [0.15, 0.2) is 136 Å². The van der Waals surface area contributed by atoms with Crippen LogP contribution in [0.4, 0.5) is 24.5 Å². The van der Waals surface area contributed by atoms with E-state index in [0.717, 1.165) is 33.7 Å². The van der Waals surface area contributed by atoms with Crippen molar-refractivity contribution in [3.8, 4) is 11.1 Å². The molecule has 0 bridgehead atoms. The smallest absolute Gasteiger partial charge is 0.388 e. The minimum atomic E-state index is -6.05. The Kier molecular flexibility index (Phi) is 14.6. The molecule has 1 fully saturated rings. The number of piperidine rings is 1. The number of benzene rings is 5. The second-order valence-electron chi connectivity index (χ2n) is 14.3. The van der Waals surface area contributed by atoms with Crippen molar-refractivity contribution >= 4 is 60.5 Å². The highest BCUT2D eigenvalue weighted by Crippen LogP contribution is 2.39. The van der Waals surface area contributed by atoms with Crippen molar-refractivity contribution in [3.05, 3.63) is 137 Å². The van der Waals surface area contributed by atoms with Crippen LogP contribution in [-0.4, -0.2) is 71.8 Å². The van der Waals surface area contributed by atoms with Gasteiger partial charge in [0.25, 0.3) is 25.8 Å². The average molecular weight is 901 g/mol. The molecule has 5 aromatic rings. The minimum absolute atomic E-state index is 0.0418. The van der Waals surface area contributed by atoms with Gasteiger partial charge in [-0.3, -0.25) is 4.79 Å². The van der Waals surface area contributed by atoms with Crippen LogP contribution in [0.3, 0.4) is 0 Å². The van der Waals surface area contributed by atoms with Crippen molar-refractivity contribution < 1.29 is 39.9 Å². The van der Waals surface area contributed by atoms with Gasteiger partial charge in [0.1, 0.15) is 4.90 Å². The lowest BCUT2D eigenvalue weighted by atomic mass is 9.84. The molecule has 0 spiro atoms. The normalized spacial score (nSPS) is 15.0. The summed E-state index contributed by atoms with van der Waals surface area (Å²) in [5.41, 5.74) is -2.94. The molecule has 1 aliphatic rings. The van der Waals surface area contributed by atoms with Crippen molar-refractivity contribution in [2.24, 2.45) is 5.92 Å². The van der Waals surface area contributed by atoms with Gasteiger partial charge in [0.2, 0.25) is 0 Å². The summed E-state index contributed by atoms with van der Waals surface area (Å²) in [5.74, 6) is -0.772. The Balaban J connectivity index is 1.16. The van der Waals surface area contributed by atoms with E-state index in [9.17, 15) is 39.9 Å². The quantitative estimate of drug-likeness (QED) is 0.0712. The number of hydrogen-bond acceptors (Lipinski definition) is 10. The summed E-state index contributed by atoms with van der Waals surface area (Å²) >= 11 is 7.51. The predicted molar refractivity (Wildman–Crippen MR) is 231 cm³/mol. The second-order valence-corrected chi connectivity index (χ2v) is 19.4. The minimum Gasteiger partial charge on any atom is -0.388 e. The van der Waals surface area contributed by atoms with E-state index in [2.05, 4.69) is 10.6 Å². The van der Waals surface area contributed by atoms with Gasteiger partial charge in [0, 0.05) is 46.1 Å². The van der Waals surface area contributed by atoms with Crippen LogP contribution in [0, 0.1) is 5.92 Å². The van der Waals surface area contributed by atoms with Gasteiger partial charge in [-0.1, -0.05) is 72.3 Å². The first-order valence-corrected chi connectivity index (χ1v) is 23.4. The Morgan fingerprint density at radius 2 is 1.57 bits per heavy atom. The molecule has 1 heterocycles. The number of hydrogen-bond donors (Lipinski definition) is 4. The maximum Gasteiger partial charge on any atom is 0.501 e. The van der Waals surface area contributed by atoms with E-state index in [1.165, 1.54) is 23.9 Å². The van der Waals surface area contributed by atoms with Gasteiger partial charge in [-0.2, -0.15) is 13.2 Å². The summed E-state index contributed by atoms with van der Waals surface area (Å²) in [6.07, 6.45) is 0.904. The summed E-state index contributed by atoms with van der Waals surface area (Å²) in [7, 11) is -9.22. The van der Waals surface area contributed by atoms with E-state index in [-0.39, 0.29) is 11.5 Å². The molecule has 17 heteroatoms. The molecule has 318 valence electrons. The van der Waals surface area contributed by atoms with Crippen LogP contribution in [0.1, 0.15) is 41.3 Å². The van der Waals surface area contributed by atoms with Crippen LogP contribution in [0.25, 0.3) is 11.1 Å². The number of carbonyl (C=O) groups excluding carboxylic acids is 1. The summed E-state index contributed by atoms with van der Waals surface area (Å²) in [4.78, 5) is 14.2. The van der Waals surface area contributed by atoms with Crippen LogP contribution in [0.2, 0.25) is 5.02 Å². The largest absolute Gasteiger partial charge is 0.501 e. The van der Waals surface area contributed by atoms with Crippen LogP contribution < -0.4 is 20.3 Å². The molecule has 60 heavy (non-hydrogen) atoms. The molecule has 1 amide bonds. The number of sulfone groups is 1. The number of carbonyl (C=O) groups is 1. The highest BCUT2D eigenvalue weighted by molar-refractivity contribution is 7.99. The number of anilines is 2. The zero-order valence-electron chi connectivity index (χ0n) is 32.4. The van der Waals surface area contributed by atoms with E-state index in [1.54, 1.807) is 31.3 Å². The van der Waals surface area contributed by atoms with Gasteiger partial charge in [0.05, 0.1) is 16.7 Å². The van der Waals surface area contributed by atoms with Crippen molar-refractivity contribution in [1.29, 1.82) is 0 Å². The highest BCUT2D eigenvalue weighted by Gasteiger charge is 2.48. The highest BCUT2D eigenvalue weighted by atomic mass is 35.5. The SMILES string of the molecule is CNCC[C@H](CSc1ccccc1)Nc1ccc(S(=O)(=O)NC(=O)c2cccc(N3CCC([C@@H](O)c4ccccc4-c4ccc(Cl)cc4)CC3)c2)cc1S(=O)(=O)C(F)(F)F. The van der Waals surface area contributed by atoms with Crippen LogP contribution in [-0.2, 0) is 19.9 Å². The molecule has 0 radical (unpaired) electrons.